The first kappa shape index (κ1) is 17.7. The van der Waals surface area contributed by atoms with Crippen molar-refractivity contribution in [1.82, 2.24) is 5.32 Å². The van der Waals surface area contributed by atoms with Gasteiger partial charge in [-0.1, -0.05) is 13.8 Å². The summed E-state index contributed by atoms with van der Waals surface area (Å²) >= 11 is 0. The number of carbonyl (C=O) groups excluding carboxylic acids is 2. The molecular weight excluding hydrogens is 250 g/mol. The molecule has 0 heterocycles. The Balaban J connectivity index is 5.04. The van der Waals surface area contributed by atoms with Crippen molar-refractivity contribution in [2.45, 2.75) is 52.4 Å². The lowest BCUT2D eigenvalue weighted by molar-refractivity contribution is -0.172. The Morgan fingerprint density at radius 2 is 1.68 bits per heavy atom. The van der Waals surface area contributed by atoms with Crippen molar-refractivity contribution in [2.75, 3.05) is 14.2 Å². The van der Waals surface area contributed by atoms with E-state index in [9.17, 15) is 9.59 Å². The average molecular weight is 275 g/mol. The van der Waals surface area contributed by atoms with Gasteiger partial charge in [0, 0.05) is 13.5 Å². The smallest absolute Gasteiger partial charge is 0.410 e. The average Bonchev–Trinajstić information content (AvgIpc) is 2.23. The highest BCUT2D eigenvalue weighted by atomic mass is 16.6. The van der Waals surface area contributed by atoms with Crippen LogP contribution in [0, 0.1) is 5.92 Å². The second-order valence-electron chi connectivity index (χ2n) is 5.75. The second kappa shape index (κ2) is 6.75. The third-order valence-corrected chi connectivity index (χ3v) is 2.26. The van der Waals surface area contributed by atoms with Crippen molar-refractivity contribution in [2.24, 2.45) is 5.92 Å². The molecule has 0 aromatic carbocycles. The molecule has 0 fully saturated rings. The molecule has 0 aliphatic heterocycles. The Labute approximate surface area is 114 Å². The first-order chi connectivity index (χ1) is 8.56. The summed E-state index contributed by atoms with van der Waals surface area (Å²) in [5.41, 5.74) is -2.18. The molecule has 0 aromatic heterocycles. The SMILES string of the molecule is COC(=O)C(CC(C)C)(NC(=O)OC(C)(C)C)OC. The minimum absolute atomic E-state index is 0.119. The standard InChI is InChI=1S/C13H25NO5/c1-9(2)8-13(18-7,10(15)17-6)14-11(16)19-12(3,4)5/h9H,8H2,1-7H3,(H,14,16). The highest BCUT2D eigenvalue weighted by Crippen LogP contribution is 2.20. The fourth-order valence-electron chi connectivity index (χ4n) is 1.61. The summed E-state index contributed by atoms with van der Waals surface area (Å²) in [5, 5.41) is 2.46. The van der Waals surface area contributed by atoms with Crippen LogP contribution >= 0.6 is 0 Å². The molecule has 1 unspecified atom stereocenters. The summed E-state index contributed by atoms with van der Waals surface area (Å²) in [6.45, 7) is 9.03. The van der Waals surface area contributed by atoms with Gasteiger partial charge >= 0.3 is 12.1 Å². The fraction of sp³-hybridized carbons (Fsp3) is 0.846. The Hall–Kier alpha value is -1.30. The zero-order chi connectivity index (χ0) is 15.3. The lowest BCUT2D eigenvalue weighted by atomic mass is 10.00. The van der Waals surface area contributed by atoms with Crippen LogP contribution in [0.5, 0.6) is 0 Å². The summed E-state index contributed by atoms with van der Waals surface area (Å²) in [4.78, 5) is 23.7. The van der Waals surface area contributed by atoms with Gasteiger partial charge in [-0.15, -0.1) is 0 Å². The van der Waals surface area contributed by atoms with Crippen LogP contribution in [0.15, 0.2) is 0 Å². The number of rotatable bonds is 5. The number of hydrogen-bond acceptors (Lipinski definition) is 5. The molecule has 0 aromatic rings. The maximum Gasteiger partial charge on any atom is 0.410 e. The molecule has 0 spiro atoms. The summed E-state index contributed by atoms with van der Waals surface area (Å²) in [5.74, 6) is -0.538. The van der Waals surface area contributed by atoms with E-state index in [-0.39, 0.29) is 12.3 Å². The van der Waals surface area contributed by atoms with Crippen molar-refractivity contribution in [3.8, 4) is 0 Å². The van der Waals surface area contributed by atoms with Crippen LogP contribution < -0.4 is 5.32 Å². The quantitative estimate of drug-likeness (QED) is 0.614. The number of methoxy groups -OCH3 is 2. The molecule has 0 rings (SSSR count). The van der Waals surface area contributed by atoms with E-state index in [0.717, 1.165) is 0 Å². The van der Waals surface area contributed by atoms with Crippen LogP contribution in [0.4, 0.5) is 4.79 Å². The van der Waals surface area contributed by atoms with Crippen molar-refractivity contribution in [3.05, 3.63) is 0 Å². The van der Waals surface area contributed by atoms with E-state index < -0.39 is 23.4 Å². The summed E-state index contributed by atoms with van der Waals surface area (Å²) in [6, 6.07) is 0. The minimum Gasteiger partial charge on any atom is -0.465 e. The van der Waals surface area contributed by atoms with Gasteiger partial charge in [-0.2, -0.15) is 0 Å². The van der Waals surface area contributed by atoms with Crippen molar-refractivity contribution in [3.63, 3.8) is 0 Å². The van der Waals surface area contributed by atoms with Crippen LogP contribution in [0.1, 0.15) is 41.0 Å². The predicted octanol–water partition coefficient (Wildman–Crippen LogP) is 2.07. The molecule has 0 radical (unpaired) electrons. The zero-order valence-electron chi connectivity index (χ0n) is 12.8. The highest BCUT2D eigenvalue weighted by molar-refractivity contribution is 5.84. The van der Waals surface area contributed by atoms with Gasteiger partial charge in [0.25, 0.3) is 0 Å². The molecular formula is C13H25NO5. The maximum absolute atomic E-state index is 11.9. The second-order valence-corrected chi connectivity index (χ2v) is 5.75. The number of carbonyl (C=O) groups is 2. The van der Waals surface area contributed by atoms with Gasteiger partial charge in [-0.25, -0.2) is 9.59 Å². The molecule has 0 aliphatic rings. The third kappa shape index (κ3) is 5.92. The lowest BCUT2D eigenvalue weighted by Gasteiger charge is -2.32. The number of amides is 1. The van der Waals surface area contributed by atoms with E-state index in [0.29, 0.717) is 0 Å². The monoisotopic (exact) mass is 275 g/mol. The Morgan fingerprint density at radius 1 is 1.16 bits per heavy atom. The highest BCUT2D eigenvalue weighted by Gasteiger charge is 2.43. The maximum atomic E-state index is 11.9. The molecule has 112 valence electrons. The minimum atomic E-state index is -1.52. The van der Waals surface area contributed by atoms with Crippen molar-refractivity contribution < 1.29 is 23.8 Å². The third-order valence-electron chi connectivity index (χ3n) is 2.26. The number of ether oxygens (including phenoxy) is 3. The zero-order valence-corrected chi connectivity index (χ0v) is 12.8. The number of alkyl carbamates (subject to hydrolysis) is 1. The van der Waals surface area contributed by atoms with Crippen LogP contribution in [0.2, 0.25) is 0 Å². The normalized spacial score (nSPS) is 14.7. The first-order valence-electron chi connectivity index (χ1n) is 6.21. The molecule has 1 amide bonds. The van der Waals surface area contributed by atoms with Crippen molar-refractivity contribution in [1.29, 1.82) is 0 Å². The summed E-state index contributed by atoms with van der Waals surface area (Å²) < 4.78 is 15.0. The van der Waals surface area contributed by atoms with Gasteiger partial charge in [-0.3, -0.25) is 5.32 Å². The molecule has 6 nitrogen and oxygen atoms in total. The van der Waals surface area contributed by atoms with E-state index in [2.05, 4.69) is 5.32 Å². The number of hydrogen-bond donors (Lipinski definition) is 1. The van der Waals surface area contributed by atoms with E-state index in [1.807, 2.05) is 13.8 Å². The summed E-state index contributed by atoms with van der Waals surface area (Å²) in [6.07, 6.45) is -0.435. The molecule has 6 heteroatoms. The van der Waals surface area contributed by atoms with Gasteiger partial charge in [-0.05, 0) is 26.7 Å². The molecule has 19 heavy (non-hydrogen) atoms. The van der Waals surface area contributed by atoms with Crippen LogP contribution in [-0.2, 0) is 19.0 Å². The Bertz CT molecular complexity index is 321. The van der Waals surface area contributed by atoms with Gasteiger partial charge in [0.2, 0.25) is 5.72 Å². The van der Waals surface area contributed by atoms with Crippen LogP contribution in [0.3, 0.4) is 0 Å². The Morgan fingerprint density at radius 3 is 2.00 bits per heavy atom. The summed E-state index contributed by atoms with van der Waals surface area (Å²) in [7, 11) is 2.59. The van der Waals surface area contributed by atoms with Crippen LogP contribution in [0.25, 0.3) is 0 Å². The molecule has 0 saturated carbocycles. The van der Waals surface area contributed by atoms with E-state index in [4.69, 9.17) is 14.2 Å². The molecule has 0 aliphatic carbocycles. The van der Waals surface area contributed by atoms with Crippen molar-refractivity contribution >= 4 is 12.1 Å². The number of nitrogens with one attached hydrogen (secondary N) is 1. The van der Waals surface area contributed by atoms with Gasteiger partial charge in [0.15, 0.2) is 0 Å². The first-order valence-corrected chi connectivity index (χ1v) is 6.21. The molecule has 1 N–H and O–H groups in total. The number of esters is 1. The lowest BCUT2D eigenvalue weighted by Crippen LogP contribution is -2.58. The Kier molecular flexibility index (Phi) is 6.29. The van der Waals surface area contributed by atoms with Gasteiger partial charge in [0.1, 0.15) is 5.60 Å². The molecule has 0 bridgehead atoms. The molecule has 0 saturated heterocycles. The van der Waals surface area contributed by atoms with E-state index in [1.165, 1.54) is 14.2 Å². The van der Waals surface area contributed by atoms with E-state index >= 15 is 0 Å². The predicted molar refractivity (Wildman–Crippen MR) is 70.6 cm³/mol. The van der Waals surface area contributed by atoms with Gasteiger partial charge in [0.05, 0.1) is 7.11 Å². The fourth-order valence-corrected chi connectivity index (χ4v) is 1.61. The van der Waals surface area contributed by atoms with Crippen LogP contribution in [-0.4, -0.2) is 37.6 Å². The van der Waals surface area contributed by atoms with Gasteiger partial charge < -0.3 is 14.2 Å². The largest absolute Gasteiger partial charge is 0.465 e. The van der Waals surface area contributed by atoms with E-state index in [1.54, 1.807) is 20.8 Å². The topological polar surface area (TPSA) is 73.9 Å². The molecule has 1 atom stereocenters.